The minimum absolute atomic E-state index is 0.120. The number of ether oxygens (including phenoxy) is 1. The predicted octanol–water partition coefficient (Wildman–Crippen LogP) is 2.41. The summed E-state index contributed by atoms with van der Waals surface area (Å²) in [6, 6.07) is 4.72. The quantitative estimate of drug-likeness (QED) is 0.689. The van der Waals surface area contributed by atoms with Gasteiger partial charge in [-0.15, -0.1) is 11.6 Å². The molecule has 1 N–H and O–H groups in total. The molecule has 0 aliphatic carbocycles. The van der Waals surface area contributed by atoms with Crippen LogP contribution < -0.4 is 5.32 Å². The van der Waals surface area contributed by atoms with Gasteiger partial charge in [0.05, 0.1) is 18.4 Å². The number of anilines is 1. The molecule has 1 rings (SSSR count). The summed E-state index contributed by atoms with van der Waals surface area (Å²) in [5.41, 5.74) is 0.955. The first-order valence-corrected chi connectivity index (χ1v) is 5.65. The van der Waals surface area contributed by atoms with E-state index in [2.05, 4.69) is 26.0 Å². The molecule has 6 heteroatoms. The van der Waals surface area contributed by atoms with Crippen LogP contribution in [-0.2, 0) is 9.53 Å². The zero-order chi connectivity index (χ0) is 12.1. The Balaban J connectivity index is 2.91. The Morgan fingerprint density at radius 3 is 2.69 bits per heavy atom. The normalized spacial score (nSPS) is 9.69. The summed E-state index contributed by atoms with van der Waals surface area (Å²) in [7, 11) is 1.30. The van der Waals surface area contributed by atoms with Crippen molar-refractivity contribution >= 4 is 45.1 Å². The van der Waals surface area contributed by atoms with E-state index >= 15 is 0 Å². The molecule has 0 aliphatic heterocycles. The highest BCUT2D eigenvalue weighted by Crippen LogP contribution is 2.24. The lowest BCUT2D eigenvalue weighted by Gasteiger charge is -2.07. The Labute approximate surface area is 106 Å². The molecule has 1 aromatic rings. The van der Waals surface area contributed by atoms with Crippen LogP contribution in [0, 0.1) is 0 Å². The van der Waals surface area contributed by atoms with Gasteiger partial charge in [-0.3, -0.25) is 4.79 Å². The zero-order valence-corrected chi connectivity index (χ0v) is 10.8. The van der Waals surface area contributed by atoms with Crippen molar-refractivity contribution in [2.24, 2.45) is 0 Å². The van der Waals surface area contributed by atoms with Crippen molar-refractivity contribution in [3.8, 4) is 0 Å². The number of amides is 1. The van der Waals surface area contributed by atoms with E-state index in [-0.39, 0.29) is 11.8 Å². The highest BCUT2D eigenvalue weighted by molar-refractivity contribution is 9.10. The topological polar surface area (TPSA) is 55.4 Å². The molecule has 0 bridgehead atoms. The first-order chi connectivity index (χ1) is 7.58. The van der Waals surface area contributed by atoms with Crippen molar-refractivity contribution in [2.75, 3.05) is 18.3 Å². The summed E-state index contributed by atoms with van der Waals surface area (Å²) in [6.45, 7) is 0. The number of hydrogen-bond donors (Lipinski definition) is 1. The highest BCUT2D eigenvalue weighted by Gasteiger charge is 2.09. The highest BCUT2D eigenvalue weighted by atomic mass is 79.9. The minimum Gasteiger partial charge on any atom is -0.465 e. The van der Waals surface area contributed by atoms with Crippen molar-refractivity contribution in [2.45, 2.75) is 0 Å². The monoisotopic (exact) mass is 305 g/mol. The first kappa shape index (κ1) is 13.0. The molecular formula is C10H9BrClNO3. The number of benzene rings is 1. The van der Waals surface area contributed by atoms with Crippen LogP contribution in [0.25, 0.3) is 0 Å². The van der Waals surface area contributed by atoms with Gasteiger partial charge in [-0.2, -0.15) is 0 Å². The molecule has 0 aromatic heterocycles. The van der Waals surface area contributed by atoms with E-state index in [0.717, 1.165) is 0 Å². The van der Waals surface area contributed by atoms with E-state index in [1.165, 1.54) is 7.11 Å². The second-order valence-corrected chi connectivity index (χ2v) is 3.99. The van der Waals surface area contributed by atoms with E-state index in [9.17, 15) is 9.59 Å². The van der Waals surface area contributed by atoms with Gasteiger partial charge in [0.2, 0.25) is 5.91 Å². The molecule has 0 radical (unpaired) electrons. The Morgan fingerprint density at radius 2 is 2.19 bits per heavy atom. The maximum Gasteiger partial charge on any atom is 0.337 e. The summed E-state index contributed by atoms with van der Waals surface area (Å²) in [5, 5.41) is 2.57. The number of rotatable bonds is 3. The molecule has 1 aromatic carbocycles. The predicted molar refractivity (Wildman–Crippen MR) is 64.8 cm³/mol. The van der Waals surface area contributed by atoms with Gasteiger partial charge in [-0.05, 0) is 34.1 Å². The fourth-order valence-corrected chi connectivity index (χ4v) is 1.59. The van der Waals surface area contributed by atoms with E-state index in [1.54, 1.807) is 18.2 Å². The van der Waals surface area contributed by atoms with Gasteiger partial charge in [-0.1, -0.05) is 0 Å². The third kappa shape index (κ3) is 3.21. The molecule has 0 heterocycles. The number of alkyl halides is 1. The molecule has 0 saturated carbocycles. The van der Waals surface area contributed by atoms with Crippen molar-refractivity contribution in [3.05, 3.63) is 28.2 Å². The molecule has 0 atom stereocenters. The largest absolute Gasteiger partial charge is 0.465 e. The van der Waals surface area contributed by atoms with Crippen LogP contribution in [0.5, 0.6) is 0 Å². The number of hydrogen-bond acceptors (Lipinski definition) is 3. The van der Waals surface area contributed by atoms with Crippen molar-refractivity contribution < 1.29 is 14.3 Å². The SMILES string of the molecule is COC(=O)c1ccc(NC(=O)CCl)c(Br)c1. The van der Waals surface area contributed by atoms with Crippen LogP contribution in [0.15, 0.2) is 22.7 Å². The average Bonchev–Trinajstić information content (AvgIpc) is 2.30. The molecule has 86 valence electrons. The number of esters is 1. The number of halogens is 2. The van der Waals surface area contributed by atoms with Gasteiger partial charge in [0.15, 0.2) is 0 Å². The third-order valence-corrected chi connectivity index (χ3v) is 2.68. The van der Waals surface area contributed by atoms with Crippen molar-refractivity contribution in [1.82, 2.24) is 0 Å². The molecule has 16 heavy (non-hydrogen) atoms. The van der Waals surface area contributed by atoms with Gasteiger partial charge < -0.3 is 10.1 Å². The van der Waals surface area contributed by atoms with Gasteiger partial charge >= 0.3 is 5.97 Å². The second kappa shape index (κ2) is 5.86. The average molecular weight is 307 g/mol. The Hall–Kier alpha value is -1.07. The molecule has 4 nitrogen and oxygen atoms in total. The van der Waals surface area contributed by atoms with Crippen LogP contribution in [0.4, 0.5) is 5.69 Å². The van der Waals surface area contributed by atoms with Crippen LogP contribution in [0.3, 0.4) is 0 Å². The van der Waals surface area contributed by atoms with Crippen molar-refractivity contribution in [3.63, 3.8) is 0 Å². The molecule has 0 fully saturated rings. The van der Waals surface area contributed by atoms with Crippen molar-refractivity contribution in [1.29, 1.82) is 0 Å². The number of carbonyl (C=O) groups is 2. The molecule has 1 amide bonds. The number of carbonyl (C=O) groups excluding carboxylic acids is 2. The molecular weight excluding hydrogens is 297 g/mol. The van der Waals surface area contributed by atoms with Gasteiger partial charge in [0, 0.05) is 4.47 Å². The number of nitrogens with one attached hydrogen (secondary N) is 1. The summed E-state index contributed by atoms with van der Waals surface area (Å²) in [4.78, 5) is 22.3. The lowest BCUT2D eigenvalue weighted by molar-refractivity contribution is -0.113. The summed E-state index contributed by atoms with van der Waals surface area (Å²) in [5.74, 6) is -0.866. The zero-order valence-electron chi connectivity index (χ0n) is 8.42. The molecule has 0 aliphatic rings. The Bertz CT molecular complexity index is 423. The Morgan fingerprint density at radius 1 is 1.50 bits per heavy atom. The van der Waals surface area contributed by atoms with E-state index in [4.69, 9.17) is 11.6 Å². The van der Waals surface area contributed by atoms with E-state index in [0.29, 0.717) is 15.7 Å². The first-order valence-electron chi connectivity index (χ1n) is 4.32. The maximum atomic E-state index is 11.2. The van der Waals surface area contributed by atoms with Crippen LogP contribution >= 0.6 is 27.5 Å². The lowest BCUT2D eigenvalue weighted by Crippen LogP contribution is -2.13. The summed E-state index contributed by atoms with van der Waals surface area (Å²) < 4.78 is 5.16. The standard InChI is InChI=1S/C10H9BrClNO3/c1-16-10(15)6-2-3-8(7(11)4-6)13-9(14)5-12/h2-4H,5H2,1H3,(H,13,14). The summed E-state index contributed by atoms with van der Waals surface area (Å²) in [6.07, 6.45) is 0. The van der Waals surface area contributed by atoms with Crippen LogP contribution in [0.1, 0.15) is 10.4 Å². The molecule has 0 saturated heterocycles. The van der Waals surface area contributed by atoms with Gasteiger partial charge in [-0.25, -0.2) is 4.79 Å². The van der Waals surface area contributed by atoms with E-state index < -0.39 is 5.97 Å². The minimum atomic E-state index is -0.434. The van der Waals surface area contributed by atoms with Gasteiger partial charge in [0.25, 0.3) is 0 Å². The van der Waals surface area contributed by atoms with Crippen LogP contribution in [-0.4, -0.2) is 24.9 Å². The Kier molecular flexibility index (Phi) is 4.76. The second-order valence-electron chi connectivity index (χ2n) is 2.87. The fourth-order valence-electron chi connectivity index (χ4n) is 1.04. The fraction of sp³-hybridized carbons (Fsp3) is 0.200. The smallest absolute Gasteiger partial charge is 0.337 e. The maximum absolute atomic E-state index is 11.2. The lowest BCUT2D eigenvalue weighted by atomic mass is 10.2. The van der Waals surface area contributed by atoms with Crippen LogP contribution in [0.2, 0.25) is 0 Å². The van der Waals surface area contributed by atoms with Gasteiger partial charge in [0.1, 0.15) is 5.88 Å². The third-order valence-electron chi connectivity index (χ3n) is 1.79. The molecule has 0 unspecified atom stereocenters. The van der Waals surface area contributed by atoms with E-state index in [1.807, 2.05) is 0 Å². The number of methoxy groups -OCH3 is 1. The molecule has 0 spiro atoms. The summed E-state index contributed by atoms with van der Waals surface area (Å²) >= 11 is 8.59.